The third kappa shape index (κ3) is 2.67. The molecule has 0 atom stereocenters. The monoisotopic (exact) mass is 245 g/mol. The molecule has 0 unspecified atom stereocenters. The first-order valence-corrected chi connectivity index (χ1v) is 5.98. The summed E-state index contributed by atoms with van der Waals surface area (Å²) in [6.45, 7) is 9.31. The Morgan fingerprint density at radius 1 is 1.22 bits per heavy atom. The molecule has 0 spiro atoms. The Morgan fingerprint density at radius 3 is 2.61 bits per heavy atom. The third-order valence-electron chi connectivity index (χ3n) is 2.63. The van der Waals surface area contributed by atoms with E-state index in [0.717, 1.165) is 28.8 Å². The SMILES string of the molecule is Cc1cnc(NCC(C)(C)C)c2nc(N)ncc12. The second kappa shape index (κ2) is 4.40. The molecule has 2 aromatic rings. The van der Waals surface area contributed by atoms with E-state index in [1.807, 2.05) is 13.1 Å². The molecule has 0 radical (unpaired) electrons. The third-order valence-corrected chi connectivity index (χ3v) is 2.63. The minimum atomic E-state index is 0.178. The summed E-state index contributed by atoms with van der Waals surface area (Å²) >= 11 is 0. The Labute approximate surface area is 107 Å². The van der Waals surface area contributed by atoms with Crippen molar-refractivity contribution >= 4 is 22.7 Å². The molecule has 5 nitrogen and oxygen atoms in total. The molecule has 0 aliphatic carbocycles. The van der Waals surface area contributed by atoms with Gasteiger partial charge in [0.2, 0.25) is 5.95 Å². The summed E-state index contributed by atoms with van der Waals surface area (Å²) < 4.78 is 0. The Hall–Kier alpha value is -1.91. The van der Waals surface area contributed by atoms with E-state index in [1.54, 1.807) is 6.20 Å². The first-order valence-electron chi connectivity index (χ1n) is 5.98. The normalized spacial score (nSPS) is 11.8. The lowest BCUT2D eigenvalue weighted by Crippen LogP contribution is -2.20. The van der Waals surface area contributed by atoms with Gasteiger partial charge < -0.3 is 11.1 Å². The average Bonchev–Trinajstić information content (AvgIpc) is 2.27. The molecule has 0 bridgehead atoms. The van der Waals surface area contributed by atoms with E-state index < -0.39 is 0 Å². The number of nitrogens with one attached hydrogen (secondary N) is 1. The van der Waals surface area contributed by atoms with Crippen LogP contribution in [0.1, 0.15) is 26.3 Å². The van der Waals surface area contributed by atoms with Crippen molar-refractivity contribution in [2.24, 2.45) is 5.41 Å². The largest absolute Gasteiger partial charge is 0.368 e. The van der Waals surface area contributed by atoms with Gasteiger partial charge >= 0.3 is 0 Å². The highest BCUT2D eigenvalue weighted by molar-refractivity contribution is 5.90. The van der Waals surface area contributed by atoms with Gasteiger partial charge in [-0.05, 0) is 17.9 Å². The lowest BCUT2D eigenvalue weighted by atomic mass is 9.97. The van der Waals surface area contributed by atoms with Crippen LogP contribution >= 0.6 is 0 Å². The molecule has 0 amide bonds. The quantitative estimate of drug-likeness (QED) is 0.849. The van der Waals surface area contributed by atoms with Crippen LogP contribution in [0.25, 0.3) is 10.9 Å². The molecule has 5 heteroatoms. The van der Waals surface area contributed by atoms with Crippen molar-refractivity contribution in [3.63, 3.8) is 0 Å². The van der Waals surface area contributed by atoms with E-state index in [0.29, 0.717) is 0 Å². The molecule has 0 fully saturated rings. The van der Waals surface area contributed by atoms with Gasteiger partial charge in [0.15, 0.2) is 5.82 Å². The van der Waals surface area contributed by atoms with Gasteiger partial charge in [-0.1, -0.05) is 20.8 Å². The summed E-state index contributed by atoms with van der Waals surface area (Å²) in [6.07, 6.45) is 3.57. The van der Waals surface area contributed by atoms with Crippen LogP contribution in [-0.2, 0) is 0 Å². The first-order chi connectivity index (χ1) is 8.37. The van der Waals surface area contributed by atoms with Crippen LogP contribution in [-0.4, -0.2) is 21.5 Å². The van der Waals surface area contributed by atoms with Crippen molar-refractivity contribution in [1.82, 2.24) is 15.0 Å². The maximum absolute atomic E-state index is 5.65. The standard InChI is InChI=1S/C13H19N5/c1-8-5-15-11(17-7-13(2,3)4)10-9(8)6-16-12(14)18-10/h5-6H,7H2,1-4H3,(H,15,17)(H2,14,16,18). The Morgan fingerprint density at radius 2 is 1.94 bits per heavy atom. The number of rotatable bonds is 2. The smallest absolute Gasteiger partial charge is 0.220 e. The zero-order valence-corrected chi connectivity index (χ0v) is 11.3. The summed E-state index contributed by atoms with van der Waals surface area (Å²) in [6, 6.07) is 0. The predicted octanol–water partition coefficient (Wildman–Crippen LogP) is 2.37. The van der Waals surface area contributed by atoms with Crippen molar-refractivity contribution in [3.8, 4) is 0 Å². The number of hydrogen-bond donors (Lipinski definition) is 2. The van der Waals surface area contributed by atoms with Crippen LogP contribution in [0.5, 0.6) is 0 Å². The van der Waals surface area contributed by atoms with Crippen LogP contribution < -0.4 is 11.1 Å². The number of anilines is 2. The molecule has 2 heterocycles. The molecular weight excluding hydrogens is 226 g/mol. The number of pyridine rings is 1. The number of aromatic nitrogens is 3. The second-order valence-electron chi connectivity index (χ2n) is 5.69. The number of nitrogen functional groups attached to an aromatic ring is 1. The van der Waals surface area contributed by atoms with Crippen molar-refractivity contribution in [2.75, 3.05) is 17.6 Å². The lowest BCUT2D eigenvalue weighted by molar-refractivity contribution is 0.442. The topological polar surface area (TPSA) is 76.7 Å². The fraction of sp³-hybridized carbons (Fsp3) is 0.462. The van der Waals surface area contributed by atoms with Gasteiger partial charge in [-0.25, -0.2) is 15.0 Å². The molecule has 3 N–H and O–H groups in total. The Bertz CT molecular complexity index is 571. The summed E-state index contributed by atoms with van der Waals surface area (Å²) in [7, 11) is 0. The van der Waals surface area contributed by atoms with Gasteiger partial charge in [0.25, 0.3) is 0 Å². The highest BCUT2D eigenvalue weighted by atomic mass is 15.0. The van der Waals surface area contributed by atoms with Gasteiger partial charge in [0, 0.05) is 24.3 Å². The van der Waals surface area contributed by atoms with Gasteiger partial charge in [-0.2, -0.15) is 0 Å². The minimum absolute atomic E-state index is 0.178. The van der Waals surface area contributed by atoms with E-state index in [1.165, 1.54) is 0 Å². The molecule has 0 saturated carbocycles. The van der Waals surface area contributed by atoms with E-state index in [2.05, 4.69) is 41.0 Å². The summed E-state index contributed by atoms with van der Waals surface area (Å²) in [5.74, 6) is 1.04. The first kappa shape index (κ1) is 12.5. The van der Waals surface area contributed by atoms with Crippen LogP contribution in [0.3, 0.4) is 0 Å². The molecule has 2 rings (SSSR count). The van der Waals surface area contributed by atoms with Gasteiger partial charge in [0.05, 0.1) is 0 Å². The Balaban J connectivity index is 2.44. The van der Waals surface area contributed by atoms with Crippen molar-refractivity contribution in [2.45, 2.75) is 27.7 Å². The van der Waals surface area contributed by atoms with Crippen LogP contribution in [0.15, 0.2) is 12.4 Å². The molecule has 0 aliphatic heterocycles. The zero-order valence-electron chi connectivity index (χ0n) is 11.3. The summed E-state index contributed by atoms with van der Waals surface area (Å²) in [5, 5.41) is 4.31. The molecule has 2 aromatic heterocycles. The molecule has 96 valence electrons. The second-order valence-corrected chi connectivity index (χ2v) is 5.69. The molecule has 18 heavy (non-hydrogen) atoms. The fourth-order valence-corrected chi connectivity index (χ4v) is 1.63. The minimum Gasteiger partial charge on any atom is -0.368 e. The number of hydrogen-bond acceptors (Lipinski definition) is 5. The Kier molecular flexibility index (Phi) is 3.07. The molecule has 0 aromatic carbocycles. The summed E-state index contributed by atoms with van der Waals surface area (Å²) in [5.41, 5.74) is 7.66. The number of fused-ring (bicyclic) bond motifs is 1. The van der Waals surface area contributed by atoms with E-state index >= 15 is 0 Å². The maximum Gasteiger partial charge on any atom is 0.220 e. The summed E-state index contributed by atoms with van der Waals surface area (Å²) in [4.78, 5) is 12.7. The number of aryl methyl sites for hydroxylation is 1. The van der Waals surface area contributed by atoms with Crippen molar-refractivity contribution in [1.29, 1.82) is 0 Å². The number of nitrogens with two attached hydrogens (primary N) is 1. The van der Waals surface area contributed by atoms with E-state index in [-0.39, 0.29) is 11.4 Å². The highest BCUT2D eigenvalue weighted by Crippen LogP contribution is 2.23. The molecule has 0 saturated heterocycles. The number of nitrogens with zero attached hydrogens (tertiary/aromatic N) is 3. The molecular formula is C13H19N5. The predicted molar refractivity (Wildman–Crippen MR) is 74.4 cm³/mol. The van der Waals surface area contributed by atoms with Crippen molar-refractivity contribution in [3.05, 3.63) is 18.0 Å². The van der Waals surface area contributed by atoms with E-state index in [9.17, 15) is 0 Å². The van der Waals surface area contributed by atoms with Gasteiger partial charge in [-0.3, -0.25) is 0 Å². The maximum atomic E-state index is 5.65. The van der Waals surface area contributed by atoms with Crippen LogP contribution in [0.4, 0.5) is 11.8 Å². The van der Waals surface area contributed by atoms with Crippen LogP contribution in [0, 0.1) is 12.3 Å². The average molecular weight is 245 g/mol. The van der Waals surface area contributed by atoms with Gasteiger partial charge in [-0.15, -0.1) is 0 Å². The molecule has 0 aliphatic rings. The fourth-order valence-electron chi connectivity index (χ4n) is 1.63. The van der Waals surface area contributed by atoms with Gasteiger partial charge in [0.1, 0.15) is 5.52 Å². The van der Waals surface area contributed by atoms with E-state index in [4.69, 9.17) is 5.73 Å². The lowest BCUT2D eigenvalue weighted by Gasteiger charge is -2.19. The van der Waals surface area contributed by atoms with Crippen LogP contribution in [0.2, 0.25) is 0 Å². The zero-order chi connectivity index (χ0) is 13.3. The highest BCUT2D eigenvalue weighted by Gasteiger charge is 2.13. The van der Waals surface area contributed by atoms with Crippen molar-refractivity contribution < 1.29 is 0 Å².